The van der Waals surface area contributed by atoms with Gasteiger partial charge in [0.1, 0.15) is 43.2 Å². The number of aliphatic hydroxyl groups excluding tert-OH is 5. The molecule has 6 unspecified atom stereocenters. The zero-order valence-corrected chi connectivity index (χ0v) is 34.6. The SMILES string of the molecule is CCCCCCCC/C=C/C/C=C/CCCCC(=O)O[C@H](COC(=O)CCCCCCCCCCCCC)COP(=O)(O)OC1C(O)C(O)C(O)[C@@H](O)C1O. The summed E-state index contributed by atoms with van der Waals surface area (Å²) in [6.45, 7) is 3.23. The number of rotatable bonds is 34. The van der Waals surface area contributed by atoms with Crippen LogP contribution in [0.1, 0.15) is 168 Å². The van der Waals surface area contributed by atoms with Crippen LogP contribution in [0.3, 0.4) is 0 Å². The van der Waals surface area contributed by atoms with E-state index in [1.807, 2.05) is 0 Å². The number of ether oxygens (including phenoxy) is 2. The van der Waals surface area contributed by atoms with E-state index in [1.54, 1.807) is 0 Å². The third-order valence-electron chi connectivity index (χ3n) is 9.80. The first-order chi connectivity index (χ1) is 26.4. The molecule has 1 saturated carbocycles. The van der Waals surface area contributed by atoms with Crippen molar-refractivity contribution >= 4 is 19.8 Å². The van der Waals surface area contributed by atoms with Crippen LogP contribution in [0.25, 0.3) is 0 Å². The molecule has 0 bridgehead atoms. The maximum atomic E-state index is 12.8. The standard InChI is InChI=1S/C41H75O13P/c1-3-5-7-9-11-13-15-16-17-18-20-22-24-26-28-30-35(43)53-33(31-51-34(42)29-27-25-23-21-19-14-12-10-8-6-4-2)32-52-55(49,50)54-41-39(47)37(45)36(44)38(46)40(41)48/h16-17,20,22,33,36-41,44-48H,3-15,18-19,21,23-32H2,1-2H3,(H,49,50)/b17-16+,22-20+/t33-,36?,37-,38?,39?,40?,41?/m1/s1. The molecule has 322 valence electrons. The van der Waals surface area contributed by atoms with E-state index in [4.69, 9.17) is 18.5 Å². The van der Waals surface area contributed by atoms with E-state index in [2.05, 4.69) is 38.2 Å². The van der Waals surface area contributed by atoms with Gasteiger partial charge in [0.15, 0.2) is 6.10 Å². The van der Waals surface area contributed by atoms with Gasteiger partial charge in [-0.3, -0.25) is 18.6 Å². The molecule has 14 heteroatoms. The molecular weight excluding hydrogens is 731 g/mol. The minimum atomic E-state index is -5.12. The van der Waals surface area contributed by atoms with Crippen molar-refractivity contribution in [2.24, 2.45) is 0 Å². The van der Waals surface area contributed by atoms with Crippen LogP contribution in [0.2, 0.25) is 0 Å². The molecule has 0 radical (unpaired) electrons. The van der Waals surface area contributed by atoms with Gasteiger partial charge in [-0.1, -0.05) is 134 Å². The Bertz CT molecular complexity index is 1070. The average Bonchev–Trinajstić information content (AvgIpc) is 3.16. The number of phosphoric acid groups is 1. The Morgan fingerprint density at radius 1 is 0.564 bits per heavy atom. The number of unbranched alkanes of at least 4 members (excludes halogenated alkanes) is 18. The summed E-state index contributed by atoms with van der Waals surface area (Å²) < 4.78 is 33.4. The molecule has 1 aliphatic rings. The second-order valence-electron chi connectivity index (χ2n) is 14.8. The number of hydrogen-bond donors (Lipinski definition) is 6. The zero-order valence-electron chi connectivity index (χ0n) is 33.7. The molecule has 0 aromatic carbocycles. The molecule has 0 spiro atoms. The predicted molar refractivity (Wildman–Crippen MR) is 212 cm³/mol. The lowest BCUT2D eigenvalue weighted by atomic mass is 9.85. The lowest BCUT2D eigenvalue weighted by Crippen LogP contribution is -2.64. The van der Waals surface area contributed by atoms with Gasteiger partial charge < -0.3 is 39.9 Å². The fourth-order valence-corrected chi connectivity index (χ4v) is 7.29. The van der Waals surface area contributed by atoms with Crippen LogP contribution in [0, 0.1) is 0 Å². The van der Waals surface area contributed by atoms with Crippen LogP contribution in [0.5, 0.6) is 0 Å². The summed E-state index contributed by atoms with van der Waals surface area (Å²) in [5.74, 6) is -1.14. The van der Waals surface area contributed by atoms with E-state index in [1.165, 1.54) is 83.5 Å². The summed E-state index contributed by atoms with van der Waals surface area (Å²) in [5.41, 5.74) is 0. The van der Waals surface area contributed by atoms with Gasteiger partial charge in [-0.05, 0) is 44.9 Å². The number of aliphatic hydroxyl groups is 5. The molecule has 0 heterocycles. The maximum absolute atomic E-state index is 12.8. The van der Waals surface area contributed by atoms with Crippen molar-refractivity contribution in [2.75, 3.05) is 13.2 Å². The van der Waals surface area contributed by atoms with Gasteiger partial charge in [0.2, 0.25) is 0 Å². The number of carbonyl (C=O) groups excluding carboxylic acids is 2. The maximum Gasteiger partial charge on any atom is 0.472 e. The number of carbonyl (C=O) groups is 2. The minimum Gasteiger partial charge on any atom is -0.462 e. The number of hydrogen-bond acceptors (Lipinski definition) is 12. The quantitative estimate of drug-likeness (QED) is 0.0164. The average molecular weight is 807 g/mol. The summed E-state index contributed by atoms with van der Waals surface area (Å²) in [6.07, 6.45) is 19.7. The minimum absolute atomic E-state index is 0.0566. The van der Waals surface area contributed by atoms with Gasteiger partial charge in [0, 0.05) is 12.8 Å². The van der Waals surface area contributed by atoms with Gasteiger partial charge in [-0.2, -0.15) is 0 Å². The molecule has 8 atom stereocenters. The van der Waals surface area contributed by atoms with Gasteiger partial charge in [0.05, 0.1) is 6.61 Å². The predicted octanol–water partition coefficient (Wildman–Crippen LogP) is 7.28. The summed E-state index contributed by atoms with van der Waals surface area (Å²) in [4.78, 5) is 35.5. The fraction of sp³-hybridized carbons (Fsp3) is 0.854. The van der Waals surface area contributed by atoms with Crippen molar-refractivity contribution in [3.63, 3.8) is 0 Å². The molecule has 0 aromatic heterocycles. The van der Waals surface area contributed by atoms with Gasteiger partial charge in [-0.25, -0.2) is 4.57 Å². The highest BCUT2D eigenvalue weighted by molar-refractivity contribution is 7.47. The van der Waals surface area contributed by atoms with Crippen molar-refractivity contribution in [3.8, 4) is 0 Å². The highest BCUT2D eigenvalue weighted by Crippen LogP contribution is 2.47. The molecule has 0 amide bonds. The Kier molecular flexibility index (Phi) is 30.2. The molecule has 1 rings (SSSR count). The van der Waals surface area contributed by atoms with E-state index in [0.717, 1.165) is 44.9 Å². The summed E-state index contributed by atoms with van der Waals surface area (Å²) >= 11 is 0. The van der Waals surface area contributed by atoms with Crippen molar-refractivity contribution in [3.05, 3.63) is 24.3 Å². The molecule has 55 heavy (non-hydrogen) atoms. The smallest absolute Gasteiger partial charge is 0.462 e. The molecular formula is C41H75O13P. The highest BCUT2D eigenvalue weighted by atomic mass is 31.2. The first-order valence-corrected chi connectivity index (χ1v) is 22.6. The molecule has 0 aromatic rings. The molecule has 13 nitrogen and oxygen atoms in total. The second kappa shape index (κ2) is 32.3. The molecule has 1 aliphatic carbocycles. The van der Waals surface area contributed by atoms with Crippen LogP contribution in [-0.2, 0) is 32.7 Å². The van der Waals surface area contributed by atoms with Crippen LogP contribution >= 0.6 is 7.82 Å². The van der Waals surface area contributed by atoms with Crippen molar-refractivity contribution in [1.29, 1.82) is 0 Å². The molecule has 6 N–H and O–H groups in total. The lowest BCUT2D eigenvalue weighted by molar-refractivity contribution is -0.220. The fourth-order valence-electron chi connectivity index (χ4n) is 6.32. The van der Waals surface area contributed by atoms with E-state index < -0.39 is 75.7 Å². The summed E-state index contributed by atoms with van der Waals surface area (Å²) in [5, 5.41) is 50.0. The van der Waals surface area contributed by atoms with Crippen LogP contribution in [-0.4, -0.2) is 98.3 Å². The highest BCUT2D eigenvalue weighted by Gasteiger charge is 2.51. The van der Waals surface area contributed by atoms with Gasteiger partial charge in [0.25, 0.3) is 0 Å². The van der Waals surface area contributed by atoms with Crippen molar-refractivity contribution in [1.82, 2.24) is 0 Å². The van der Waals surface area contributed by atoms with Crippen LogP contribution in [0.4, 0.5) is 0 Å². The first-order valence-electron chi connectivity index (χ1n) is 21.1. The van der Waals surface area contributed by atoms with Gasteiger partial charge >= 0.3 is 19.8 Å². The van der Waals surface area contributed by atoms with Crippen molar-refractivity contribution < 1.29 is 63.1 Å². The molecule has 0 saturated heterocycles. The zero-order chi connectivity index (χ0) is 40.7. The Morgan fingerprint density at radius 2 is 0.982 bits per heavy atom. The Labute approximate surface area is 330 Å². The molecule has 0 aliphatic heterocycles. The Morgan fingerprint density at radius 3 is 1.51 bits per heavy atom. The monoisotopic (exact) mass is 806 g/mol. The first kappa shape index (κ1) is 51.3. The van der Waals surface area contributed by atoms with Crippen LogP contribution in [0.15, 0.2) is 24.3 Å². The second-order valence-corrected chi connectivity index (χ2v) is 16.3. The van der Waals surface area contributed by atoms with Gasteiger partial charge in [-0.15, -0.1) is 0 Å². The normalized spacial score (nSPS) is 23.3. The lowest BCUT2D eigenvalue weighted by Gasteiger charge is -2.41. The van der Waals surface area contributed by atoms with Crippen molar-refractivity contribution in [2.45, 2.75) is 211 Å². The van der Waals surface area contributed by atoms with E-state index >= 15 is 0 Å². The van der Waals surface area contributed by atoms with Crippen LogP contribution < -0.4 is 0 Å². The summed E-state index contributed by atoms with van der Waals surface area (Å²) in [6, 6.07) is 0. The topological polar surface area (TPSA) is 210 Å². The van der Waals surface area contributed by atoms with E-state index in [9.17, 15) is 44.6 Å². The third kappa shape index (κ3) is 25.3. The summed E-state index contributed by atoms with van der Waals surface area (Å²) in [7, 11) is -5.12. The third-order valence-corrected chi connectivity index (χ3v) is 10.8. The molecule has 1 fully saturated rings. The Hall–Kier alpha value is -1.67. The van der Waals surface area contributed by atoms with E-state index in [0.29, 0.717) is 12.8 Å². The number of esters is 2. The largest absolute Gasteiger partial charge is 0.472 e. The Balaban J connectivity index is 2.53. The number of allylic oxidation sites excluding steroid dienone is 4. The van der Waals surface area contributed by atoms with E-state index in [-0.39, 0.29) is 12.8 Å². The number of phosphoric ester groups is 1.